The number of nitrogens with one attached hydrogen (secondary N) is 1. The molecule has 0 saturated heterocycles. The lowest BCUT2D eigenvalue weighted by Crippen LogP contribution is -2.35. The highest BCUT2D eigenvalue weighted by molar-refractivity contribution is 5.85. The zero-order valence-electron chi connectivity index (χ0n) is 13.6. The maximum absolute atomic E-state index is 12.1. The minimum Gasteiger partial charge on any atom is -0.351 e. The van der Waals surface area contributed by atoms with E-state index in [-0.39, 0.29) is 0 Å². The van der Waals surface area contributed by atoms with Gasteiger partial charge in [0, 0.05) is 5.69 Å². The zero-order valence-corrected chi connectivity index (χ0v) is 13.6. The summed E-state index contributed by atoms with van der Waals surface area (Å²) < 4.78 is 0. The van der Waals surface area contributed by atoms with Gasteiger partial charge in [-0.1, -0.05) is 43.3 Å². The maximum atomic E-state index is 12.1. The molecule has 0 aliphatic rings. The third-order valence-corrected chi connectivity index (χ3v) is 4.36. The van der Waals surface area contributed by atoms with Gasteiger partial charge in [0.05, 0.1) is 5.56 Å². The van der Waals surface area contributed by atoms with Crippen LogP contribution >= 0.6 is 0 Å². The van der Waals surface area contributed by atoms with Crippen molar-refractivity contribution in [1.82, 2.24) is 0 Å². The van der Waals surface area contributed by atoms with Crippen molar-refractivity contribution in [2.24, 2.45) is 0 Å². The third kappa shape index (κ3) is 2.59. The molecule has 0 aliphatic heterocycles. The summed E-state index contributed by atoms with van der Waals surface area (Å²) in [6, 6.07) is 13.7. The first-order valence-corrected chi connectivity index (χ1v) is 7.78. The smallest absolute Gasteiger partial charge is 0.250 e. The van der Waals surface area contributed by atoms with Crippen LogP contribution in [-0.4, -0.2) is 0 Å². The van der Waals surface area contributed by atoms with Gasteiger partial charge in [-0.3, -0.25) is 9.59 Å². The van der Waals surface area contributed by atoms with Gasteiger partial charge in [-0.2, -0.15) is 0 Å². The number of rotatable bonds is 4. The van der Waals surface area contributed by atoms with Crippen molar-refractivity contribution in [1.29, 1.82) is 0 Å². The molecule has 0 amide bonds. The normalized spacial score (nSPS) is 10.9. The fraction of sp³-hybridized carbons (Fsp3) is 0.200. The highest BCUT2D eigenvalue weighted by Gasteiger charge is 2.23. The number of anilines is 2. The van der Waals surface area contributed by atoms with E-state index in [0.717, 1.165) is 28.8 Å². The average Bonchev–Trinajstić information content (AvgIpc) is 2.57. The fourth-order valence-electron chi connectivity index (χ4n) is 2.77. The van der Waals surface area contributed by atoms with Crippen molar-refractivity contribution in [2.45, 2.75) is 27.2 Å². The molecule has 0 saturated carbocycles. The van der Waals surface area contributed by atoms with Gasteiger partial charge in [0.25, 0.3) is 5.43 Å². The molecule has 0 aromatic heterocycles. The van der Waals surface area contributed by atoms with E-state index in [4.69, 9.17) is 0 Å². The van der Waals surface area contributed by atoms with Crippen molar-refractivity contribution < 1.29 is 0 Å². The maximum Gasteiger partial charge on any atom is 0.250 e. The van der Waals surface area contributed by atoms with Crippen LogP contribution in [0.5, 0.6) is 0 Å². The molecule has 116 valence electrons. The lowest BCUT2D eigenvalue weighted by atomic mass is 9.95. The molecule has 0 spiro atoms. The first-order valence-electron chi connectivity index (χ1n) is 7.78. The summed E-state index contributed by atoms with van der Waals surface area (Å²) in [5, 5.41) is 3.17. The number of benzene rings is 2. The van der Waals surface area contributed by atoms with Crippen molar-refractivity contribution in [2.75, 3.05) is 5.32 Å². The predicted molar refractivity (Wildman–Crippen MR) is 95.4 cm³/mol. The number of aryl methyl sites for hydroxylation is 3. The van der Waals surface area contributed by atoms with Crippen LogP contribution in [0, 0.1) is 13.8 Å². The van der Waals surface area contributed by atoms with Gasteiger partial charge in [-0.25, -0.2) is 0 Å². The second-order valence-electron chi connectivity index (χ2n) is 5.84. The van der Waals surface area contributed by atoms with Crippen LogP contribution in [0.3, 0.4) is 0 Å². The first kappa shape index (κ1) is 15.2. The zero-order chi connectivity index (χ0) is 16.6. The summed E-state index contributed by atoms with van der Waals surface area (Å²) in [5.74, 6) is 0. The Morgan fingerprint density at radius 2 is 1.65 bits per heavy atom. The number of para-hydroxylation sites is 1. The molecule has 3 aromatic rings. The fourth-order valence-corrected chi connectivity index (χ4v) is 2.77. The number of hydrogen-bond donors (Lipinski definition) is 1. The molecule has 3 aromatic carbocycles. The van der Waals surface area contributed by atoms with Crippen LogP contribution < -0.4 is 16.2 Å². The molecule has 3 rings (SSSR count). The summed E-state index contributed by atoms with van der Waals surface area (Å²) in [6.07, 6.45) is 0.859. The van der Waals surface area contributed by atoms with Crippen LogP contribution in [0.15, 0.2) is 52.1 Å². The van der Waals surface area contributed by atoms with Crippen molar-refractivity contribution in [3.05, 3.63) is 79.6 Å². The standard InChI is InChI=1S/C20H19NO2/c1-4-14-7-5-6-8-16(14)21-18-17(19(22)20(18)23)15-10-9-12(2)13(3)11-15/h5-11,21H,4H2,1-3H3. The summed E-state index contributed by atoms with van der Waals surface area (Å²) in [6.45, 7) is 6.09. The molecule has 3 nitrogen and oxygen atoms in total. The summed E-state index contributed by atoms with van der Waals surface area (Å²) >= 11 is 0. The van der Waals surface area contributed by atoms with E-state index in [1.54, 1.807) is 0 Å². The minimum atomic E-state index is -0.441. The lowest BCUT2D eigenvalue weighted by molar-refractivity contribution is 1.14. The van der Waals surface area contributed by atoms with E-state index in [9.17, 15) is 9.59 Å². The van der Waals surface area contributed by atoms with Crippen LogP contribution in [-0.2, 0) is 6.42 Å². The highest BCUT2D eigenvalue weighted by Crippen LogP contribution is 2.29. The summed E-state index contributed by atoms with van der Waals surface area (Å²) in [7, 11) is 0. The largest absolute Gasteiger partial charge is 0.351 e. The molecule has 1 N–H and O–H groups in total. The Balaban J connectivity index is 2.05. The minimum absolute atomic E-state index is 0.402. The molecule has 0 bridgehead atoms. The van der Waals surface area contributed by atoms with Gasteiger partial charge in [-0.05, 0) is 48.6 Å². The van der Waals surface area contributed by atoms with Gasteiger partial charge in [-0.15, -0.1) is 0 Å². The second-order valence-corrected chi connectivity index (χ2v) is 5.84. The van der Waals surface area contributed by atoms with E-state index in [2.05, 4.69) is 12.2 Å². The van der Waals surface area contributed by atoms with E-state index in [0.29, 0.717) is 11.3 Å². The predicted octanol–water partition coefficient (Wildman–Crippen LogP) is 3.87. The van der Waals surface area contributed by atoms with E-state index >= 15 is 0 Å². The lowest BCUT2D eigenvalue weighted by Gasteiger charge is -2.16. The van der Waals surface area contributed by atoms with E-state index in [1.165, 1.54) is 5.56 Å². The average molecular weight is 305 g/mol. The molecule has 3 heteroatoms. The molecule has 0 fully saturated rings. The molecule has 0 heterocycles. The Kier molecular flexibility index (Phi) is 3.87. The molecular weight excluding hydrogens is 286 g/mol. The molecule has 0 radical (unpaired) electrons. The quantitative estimate of drug-likeness (QED) is 0.744. The van der Waals surface area contributed by atoms with Gasteiger partial charge >= 0.3 is 0 Å². The van der Waals surface area contributed by atoms with Crippen molar-refractivity contribution in [3.63, 3.8) is 0 Å². The Morgan fingerprint density at radius 1 is 0.913 bits per heavy atom. The van der Waals surface area contributed by atoms with Crippen LogP contribution in [0.1, 0.15) is 23.6 Å². The molecular formula is C20H19NO2. The first-order chi connectivity index (χ1) is 11.0. The van der Waals surface area contributed by atoms with Crippen molar-refractivity contribution >= 4 is 11.4 Å². The second kappa shape index (κ2) is 5.84. The van der Waals surface area contributed by atoms with Crippen LogP contribution in [0.4, 0.5) is 11.4 Å². The number of hydrogen-bond acceptors (Lipinski definition) is 3. The van der Waals surface area contributed by atoms with E-state index < -0.39 is 10.9 Å². The van der Waals surface area contributed by atoms with Crippen LogP contribution in [0.25, 0.3) is 11.1 Å². The Bertz CT molecular complexity index is 947. The molecule has 0 aliphatic carbocycles. The molecule has 0 unspecified atom stereocenters. The Morgan fingerprint density at radius 3 is 2.35 bits per heavy atom. The van der Waals surface area contributed by atoms with Gasteiger partial charge < -0.3 is 5.32 Å². The third-order valence-electron chi connectivity index (χ3n) is 4.36. The molecule has 23 heavy (non-hydrogen) atoms. The van der Waals surface area contributed by atoms with E-state index in [1.807, 2.05) is 56.3 Å². The Hall–Kier alpha value is -2.68. The SMILES string of the molecule is CCc1ccccc1Nc1c(-c2ccc(C)c(C)c2)c(=O)c1=O. The highest BCUT2D eigenvalue weighted by atomic mass is 16.2. The van der Waals surface area contributed by atoms with Gasteiger partial charge in [0.1, 0.15) is 5.69 Å². The van der Waals surface area contributed by atoms with Gasteiger partial charge in [0.2, 0.25) is 5.43 Å². The van der Waals surface area contributed by atoms with Crippen LogP contribution in [0.2, 0.25) is 0 Å². The monoisotopic (exact) mass is 305 g/mol. The summed E-state index contributed by atoms with van der Waals surface area (Å²) in [4.78, 5) is 24.1. The van der Waals surface area contributed by atoms with Gasteiger partial charge in [0.15, 0.2) is 0 Å². The Labute approximate surface area is 135 Å². The van der Waals surface area contributed by atoms with Crippen molar-refractivity contribution in [3.8, 4) is 11.1 Å². The summed E-state index contributed by atoms with van der Waals surface area (Å²) in [5.41, 5.74) is 5.11. The topological polar surface area (TPSA) is 46.2 Å². The molecule has 0 atom stereocenters.